The lowest BCUT2D eigenvalue weighted by Crippen LogP contribution is -2.58. The van der Waals surface area contributed by atoms with E-state index in [4.69, 9.17) is 4.74 Å². The van der Waals surface area contributed by atoms with Gasteiger partial charge < -0.3 is 10.1 Å². The van der Waals surface area contributed by atoms with Gasteiger partial charge in [0.2, 0.25) is 0 Å². The van der Waals surface area contributed by atoms with Crippen LogP contribution in [0.5, 0.6) is 0 Å². The fraction of sp³-hybridized carbons (Fsp3) is 1.00. The third-order valence-electron chi connectivity index (χ3n) is 3.99. The summed E-state index contributed by atoms with van der Waals surface area (Å²) in [4.78, 5) is 0. The van der Waals surface area contributed by atoms with Crippen molar-refractivity contribution < 1.29 is 4.74 Å². The number of rotatable bonds is 0. The van der Waals surface area contributed by atoms with Crippen molar-refractivity contribution in [3.63, 3.8) is 0 Å². The molecule has 1 heterocycles. The first-order chi connectivity index (χ1) is 6.11. The molecule has 3 aliphatic rings. The van der Waals surface area contributed by atoms with Gasteiger partial charge in [-0.05, 0) is 44.9 Å². The van der Waals surface area contributed by atoms with Crippen LogP contribution in [-0.2, 0) is 4.74 Å². The summed E-state index contributed by atoms with van der Waals surface area (Å²) in [6.45, 7) is 6.51. The minimum atomic E-state index is 0.0513. The lowest BCUT2D eigenvalue weighted by atomic mass is 9.92. The molecule has 0 aromatic heterocycles. The molecular formula is C11H19NO. The summed E-state index contributed by atoms with van der Waals surface area (Å²) < 4.78 is 6.31. The predicted molar refractivity (Wildman–Crippen MR) is 51.6 cm³/mol. The molecule has 2 heteroatoms. The molecule has 3 rings (SSSR count). The van der Waals surface area contributed by atoms with Crippen molar-refractivity contribution in [1.29, 1.82) is 0 Å². The number of morpholine rings is 1. The largest absolute Gasteiger partial charge is 0.366 e. The molecule has 2 nitrogen and oxygen atoms in total. The molecule has 3 unspecified atom stereocenters. The number of hydrogen-bond donors (Lipinski definition) is 1. The minimum Gasteiger partial charge on any atom is -0.366 e. The minimum absolute atomic E-state index is 0.0513. The van der Waals surface area contributed by atoms with Crippen LogP contribution in [0, 0.1) is 11.8 Å². The van der Waals surface area contributed by atoms with Gasteiger partial charge in [-0.25, -0.2) is 0 Å². The van der Waals surface area contributed by atoms with Crippen LogP contribution in [-0.4, -0.2) is 24.3 Å². The molecule has 0 aromatic rings. The third kappa shape index (κ3) is 1.15. The Bertz CT molecular complexity index is 238. The van der Waals surface area contributed by atoms with Crippen molar-refractivity contribution in [2.24, 2.45) is 11.8 Å². The highest BCUT2D eigenvalue weighted by atomic mass is 16.5. The standard InChI is InChI=1S/C11H19NO/c1-10(2)6-12-7-11(13-10)4-3-8-5-9(8)11/h8-9,12H,3-7H2,1-2H3. The molecule has 1 N–H and O–H groups in total. The first kappa shape index (κ1) is 8.25. The Morgan fingerprint density at radius 1 is 1.31 bits per heavy atom. The molecule has 0 radical (unpaired) electrons. The van der Waals surface area contributed by atoms with Crippen molar-refractivity contribution in [3.05, 3.63) is 0 Å². The Hall–Kier alpha value is -0.0800. The highest BCUT2D eigenvalue weighted by molar-refractivity contribution is 5.12. The average molecular weight is 181 g/mol. The molecule has 1 saturated heterocycles. The van der Waals surface area contributed by atoms with E-state index < -0.39 is 0 Å². The molecule has 2 aliphatic carbocycles. The van der Waals surface area contributed by atoms with Gasteiger partial charge in [0.25, 0.3) is 0 Å². The van der Waals surface area contributed by atoms with Gasteiger partial charge in [-0.15, -0.1) is 0 Å². The summed E-state index contributed by atoms with van der Waals surface area (Å²) in [5.74, 6) is 1.90. The lowest BCUT2D eigenvalue weighted by molar-refractivity contribution is -0.168. The van der Waals surface area contributed by atoms with E-state index in [0.717, 1.165) is 24.9 Å². The second kappa shape index (κ2) is 2.29. The summed E-state index contributed by atoms with van der Waals surface area (Å²) >= 11 is 0. The molecule has 3 atom stereocenters. The number of fused-ring (bicyclic) bond motifs is 2. The average Bonchev–Trinajstić information content (AvgIpc) is 2.73. The zero-order chi connectivity index (χ0) is 9.10. The zero-order valence-corrected chi connectivity index (χ0v) is 8.60. The Balaban J connectivity index is 1.83. The van der Waals surface area contributed by atoms with E-state index in [0.29, 0.717) is 0 Å². The Morgan fingerprint density at radius 3 is 2.69 bits per heavy atom. The summed E-state index contributed by atoms with van der Waals surface area (Å²) in [5.41, 5.74) is 0.280. The normalized spacial score (nSPS) is 52.2. The molecule has 3 fully saturated rings. The number of hydrogen-bond acceptors (Lipinski definition) is 2. The molecule has 0 aromatic carbocycles. The van der Waals surface area contributed by atoms with Crippen LogP contribution in [0.2, 0.25) is 0 Å². The van der Waals surface area contributed by atoms with Gasteiger partial charge in [0.1, 0.15) is 0 Å². The zero-order valence-electron chi connectivity index (χ0n) is 8.60. The van der Waals surface area contributed by atoms with Crippen LogP contribution < -0.4 is 5.32 Å². The maximum absolute atomic E-state index is 6.31. The predicted octanol–water partition coefficient (Wildman–Crippen LogP) is 1.55. The van der Waals surface area contributed by atoms with E-state index >= 15 is 0 Å². The molecule has 1 spiro atoms. The van der Waals surface area contributed by atoms with Crippen LogP contribution in [0.25, 0.3) is 0 Å². The monoisotopic (exact) mass is 181 g/mol. The van der Waals surface area contributed by atoms with Gasteiger partial charge in [0, 0.05) is 13.1 Å². The van der Waals surface area contributed by atoms with Crippen LogP contribution >= 0.6 is 0 Å². The number of nitrogens with one attached hydrogen (secondary N) is 1. The van der Waals surface area contributed by atoms with E-state index in [-0.39, 0.29) is 11.2 Å². The van der Waals surface area contributed by atoms with Gasteiger partial charge in [-0.2, -0.15) is 0 Å². The van der Waals surface area contributed by atoms with Crippen molar-refractivity contribution in [2.75, 3.05) is 13.1 Å². The van der Waals surface area contributed by atoms with Crippen LogP contribution in [0.15, 0.2) is 0 Å². The highest BCUT2D eigenvalue weighted by Gasteiger charge is 2.60. The van der Waals surface area contributed by atoms with E-state index in [1.807, 2.05) is 0 Å². The maximum Gasteiger partial charge on any atom is 0.0845 e. The molecule has 13 heavy (non-hydrogen) atoms. The van der Waals surface area contributed by atoms with Crippen LogP contribution in [0.1, 0.15) is 33.1 Å². The first-order valence-electron chi connectivity index (χ1n) is 5.52. The Morgan fingerprint density at radius 2 is 2.15 bits per heavy atom. The highest BCUT2D eigenvalue weighted by Crippen LogP contribution is 2.60. The van der Waals surface area contributed by atoms with Crippen molar-refractivity contribution in [2.45, 2.75) is 44.3 Å². The van der Waals surface area contributed by atoms with Crippen molar-refractivity contribution >= 4 is 0 Å². The Kier molecular flexibility index (Phi) is 1.45. The van der Waals surface area contributed by atoms with Gasteiger partial charge in [-0.1, -0.05) is 0 Å². The lowest BCUT2D eigenvalue weighted by Gasteiger charge is -2.45. The van der Waals surface area contributed by atoms with Gasteiger partial charge in [0.15, 0.2) is 0 Å². The van der Waals surface area contributed by atoms with Crippen molar-refractivity contribution in [3.8, 4) is 0 Å². The molecule has 0 bridgehead atoms. The molecular weight excluding hydrogens is 162 g/mol. The van der Waals surface area contributed by atoms with Gasteiger partial charge in [-0.3, -0.25) is 0 Å². The topological polar surface area (TPSA) is 21.3 Å². The first-order valence-corrected chi connectivity index (χ1v) is 5.52. The summed E-state index contributed by atoms with van der Waals surface area (Å²) in [7, 11) is 0. The van der Waals surface area contributed by atoms with Crippen LogP contribution in [0.4, 0.5) is 0 Å². The van der Waals surface area contributed by atoms with E-state index in [9.17, 15) is 0 Å². The quantitative estimate of drug-likeness (QED) is 0.612. The van der Waals surface area contributed by atoms with Gasteiger partial charge in [0.05, 0.1) is 11.2 Å². The summed E-state index contributed by atoms with van der Waals surface area (Å²) in [5, 5.41) is 3.54. The summed E-state index contributed by atoms with van der Waals surface area (Å²) in [6, 6.07) is 0. The molecule has 1 aliphatic heterocycles. The second-order valence-electron chi connectivity index (χ2n) is 5.67. The number of ether oxygens (including phenoxy) is 1. The molecule has 0 amide bonds. The molecule has 2 saturated carbocycles. The second-order valence-corrected chi connectivity index (χ2v) is 5.67. The van der Waals surface area contributed by atoms with Crippen LogP contribution in [0.3, 0.4) is 0 Å². The Labute approximate surface area is 80.0 Å². The summed E-state index contributed by atoms with van der Waals surface area (Å²) in [6.07, 6.45) is 4.12. The third-order valence-corrected chi connectivity index (χ3v) is 3.99. The van der Waals surface area contributed by atoms with E-state index in [1.165, 1.54) is 19.3 Å². The maximum atomic E-state index is 6.31. The SMILES string of the molecule is CC1(C)CNCC2(CCC3CC32)O1. The van der Waals surface area contributed by atoms with Gasteiger partial charge >= 0.3 is 0 Å². The van der Waals surface area contributed by atoms with E-state index in [2.05, 4.69) is 19.2 Å². The fourth-order valence-corrected chi connectivity index (χ4v) is 3.37. The van der Waals surface area contributed by atoms with Crippen molar-refractivity contribution in [1.82, 2.24) is 5.32 Å². The smallest absolute Gasteiger partial charge is 0.0845 e. The van der Waals surface area contributed by atoms with E-state index in [1.54, 1.807) is 0 Å². The fourth-order valence-electron chi connectivity index (χ4n) is 3.37. The molecule has 74 valence electrons.